The Balaban J connectivity index is 2.03. The molecule has 3 aromatic rings. The average molecular weight is 355 g/mol. The average Bonchev–Trinajstić information content (AvgIpc) is 2.97. The van der Waals surface area contributed by atoms with Gasteiger partial charge >= 0.3 is 0 Å². The van der Waals surface area contributed by atoms with Crippen LogP contribution in [0.5, 0.6) is 0 Å². The quantitative estimate of drug-likeness (QED) is 0.643. The van der Waals surface area contributed by atoms with Crippen LogP contribution in [0, 0.1) is 12.3 Å². The Hall–Kier alpha value is -2.09. The summed E-state index contributed by atoms with van der Waals surface area (Å²) in [6.07, 6.45) is 9.82. The van der Waals surface area contributed by atoms with Crippen molar-refractivity contribution in [2.45, 2.75) is 32.2 Å². The molecule has 0 N–H and O–H groups in total. The van der Waals surface area contributed by atoms with Crippen LogP contribution in [0.15, 0.2) is 29.1 Å². The van der Waals surface area contributed by atoms with Gasteiger partial charge in [0.05, 0.1) is 11.9 Å². The van der Waals surface area contributed by atoms with E-state index in [9.17, 15) is 4.79 Å². The molecule has 5 heteroatoms. The number of fused-ring (bicyclic) bond motifs is 3. The molecular formula is C19H15ClN2OS. The normalized spacial score (nSPS) is 13.7. The predicted molar refractivity (Wildman–Crippen MR) is 99.8 cm³/mol. The third kappa shape index (κ3) is 2.45. The number of nitrogens with zero attached hydrogens (tertiary/aromatic N) is 2. The van der Waals surface area contributed by atoms with E-state index in [1.54, 1.807) is 28.0 Å². The summed E-state index contributed by atoms with van der Waals surface area (Å²) >= 11 is 7.63. The molecule has 2 heterocycles. The molecule has 0 bridgehead atoms. The minimum absolute atomic E-state index is 0.0256. The summed E-state index contributed by atoms with van der Waals surface area (Å²) in [5.41, 5.74) is 2.01. The summed E-state index contributed by atoms with van der Waals surface area (Å²) in [4.78, 5) is 20.1. The van der Waals surface area contributed by atoms with Crippen molar-refractivity contribution in [1.29, 1.82) is 0 Å². The van der Waals surface area contributed by atoms with Crippen LogP contribution in [0.3, 0.4) is 0 Å². The zero-order chi connectivity index (χ0) is 16.7. The second-order valence-electron chi connectivity index (χ2n) is 5.93. The highest BCUT2D eigenvalue weighted by Gasteiger charge is 2.22. The Bertz CT molecular complexity index is 1020. The van der Waals surface area contributed by atoms with Gasteiger partial charge in [-0.2, -0.15) is 0 Å². The van der Waals surface area contributed by atoms with E-state index in [-0.39, 0.29) is 12.1 Å². The fraction of sp³-hybridized carbons (Fsp3) is 0.263. The number of thiophene rings is 1. The summed E-state index contributed by atoms with van der Waals surface area (Å²) < 4.78 is 1.60. The van der Waals surface area contributed by atoms with E-state index in [1.807, 2.05) is 12.1 Å². The minimum Gasteiger partial charge on any atom is -0.280 e. The monoisotopic (exact) mass is 354 g/mol. The zero-order valence-corrected chi connectivity index (χ0v) is 14.6. The van der Waals surface area contributed by atoms with Crippen molar-refractivity contribution in [3.05, 3.63) is 50.1 Å². The Kier molecular flexibility index (Phi) is 3.91. The van der Waals surface area contributed by atoms with Crippen LogP contribution < -0.4 is 5.56 Å². The molecule has 0 amide bonds. The first-order valence-electron chi connectivity index (χ1n) is 7.93. The number of benzene rings is 1. The second-order valence-corrected chi connectivity index (χ2v) is 7.45. The van der Waals surface area contributed by atoms with Crippen LogP contribution >= 0.6 is 22.9 Å². The molecule has 1 aromatic carbocycles. The Morgan fingerprint density at radius 3 is 2.75 bits per heavy atom. The lowest BCUT2D eigenvalue weighted by atomic mass is 9.97. The second kappa shape index (κ2) is 6.08. The summed E-state index contributed by atoms with van der Waals surface area (Å²) in [6.45, 7) is 0.213. The molecule has 0 saturated carbocycles. The van der Waals surface area contributed by atoms with Gasteiger partial charge in [0.1, 0.15) is 10.7 Å². The van der Waals surface area contributed by atoms with Crippen molar-refractivity contribution in [1.82, 2.24) is 9.55 Å². The summed E-state index contributed by atoms with van der Waals surface area (Å²) in [7, 11) is 0. The maximum atomic E-state index is 13.1. The first kappa shape index (κ1) is 15.4. The number of aryl methyl sites for hydroxylation is 2. The molecule has 2 aromatic heterocycles. The van der Waals surface area contributed by atoms with E-state index >= 15 is 0 Å². The van der Waals surface area contributed by atoms with Crippen LogP contribution in [-0.4, -0.2) is 9.55 Å². The van der Waals surface area contributed by atoms with Gasteiger partial charge in [0, 0.05) is 15.5 Å². The smallest absolute Gasteiger partial charge is 0.263 e. The third-order valence-electron chi connectivity index (χ3n) is 4.43. The molecular weight excluding hydrogens is 340 g/mol. The molecule has 0 unspecified atom stereocenters. The van der Waals surface area contributed by atoms with Gasteiger partial charge in [-0.05, 0) is 55.5 Å². The molecule has 0 fully saturated rings. The molecule has 1 aliphatic carbocycles. The fourth-order valence-electron chi connectivity index (χ4n) is 3.30. The molecule has 24 heavy (non-hydrogen) atoms. The zero-order valence-electron chi connectivity index (χ0n) is 13.0. The lowest BCUT2D eigenvalue weighted by Crippen LogP contribution is -2.23. The maximum absolute atomic E-state index is 13.1. The highest BCUT2D eigenvalue weighted by Crippen LogP contribution is 2.34. The summed E-state index contributed by atoms with van der Waals surface area (Å²) in [5, 5.41) is 1.42. The van der Waals surface area contributed by atoms with E-state index < -0.39 is 0 Å². The SMILES string of the molecule is C#CCn1c(-c2ccc(Cl)cc2)nc2sc3c(c2c1=O)CCCC3. The van der Waals surface area contributed by atoms with E-state index in [0.29, 0.717) is 10.8 Å². The molecule has 0 saturated heterocycles. The van der Waals surface area contributed by atoms with Crippen molar-refractivity contribution in [2.75, 3.05) is 0 Å². The number of rotatable bonds is 2. The van der Waals surface area contributed by atoms with Crippen molar-refractivity contribution < 1.29 is 0 Å². The minimum atomic E-state index is -0.0256. The van der Waals surface area contributed by atoms with Gasteiger partial charge < -0.3 is 0 Å². The number of terminal acetylenes is 1. The number of hydrogen-bond acceptors (Lipinski definition) is 3. The van der Waals surface area contributed by atoms with E-state index in [1.165, 1.54) is 16.9 Å². The highest BCUT2D eigenvalue weighted by atomic mass is 35.5. The van der Waals surface area contributed by atoms with E-state index in [0.717, 1.165) is 35.0 Å². The number of halogens is 1. The molecule has 0 radical (unpaired) electrons. The molecule has 0 aliphatic heterocycles. The van der Waals surface area contributed by atoms with Crippen molar-refractivity contribution >= 4 is 33.2 Å². The van der Waals surface area contributed by atoms with Crippen molar-refractivity contribution in [3.8, 4) is 23.7 Å². The topological polar surface area (TPSA) is 34.9 Å². The molecule has 120 valence electrons. The Labute approximate surface area is 148 Å². The van der Waals surface area contributed by atoms with Crippen LogP contribution in [0.1, 0.15) is 23.3 Å². The first-order valence-corrected chi connectivity index (χ1v) is 9.13. The van der Waals surface area contributed by atoms with Gasteiger partial charge in [-0.1, -0.05) is 17.5 Å². The van der Waals surface area contributed by atoms with Gasteiger partial charge in [0.15, 0.2) is 0 Å². The van der Waals surface area contributed by atoms with Crippen LogP contribution in [0.4, 0.5) is 0 Å². The highest BCUT2D eigenvalue weighted by molar-refractivity contribution is 7.18. The first-order chi connectivity index (χ1) is 11.7. The summed E-state index contributed by atoms with van der Waals surface area (Å²) in [6, 6.07) is 7.34. The maximum Gasteiger partial charge on any atom is 0.263 e. The van der Waals surface area contributed by atoms with Gasteiger partial charge in [-0.3, -0.25) is 9.36 Å². The Morgan fingerprint density at radius 2 is 2.00 bits per heavy atom. The van der Waals surface area contributed by atoms with Gasteiger partial charge in [0.2, 0.25) is 0 Å². The molecule has 3 nitrogen and oxygen atoms in total. The van der Waals surface area contributed by atoms with Gasteiger partial charge in [-0.15, -0.1) is 17.8 Å². The van der Waals surface area contributed by atoms with Crippen LogP contribution in [0.25, 0.3) is 21.6 Å². The van der Waals surface area contributed by atoms with Gasteiger partial charge in [-0.25, -0.2) is 4.98 Å². The summed E-state index contributed by atoms with van der Waals surface area (Å²) in [5.74, 6) is 3.20. The van der Waals surface area contributed by atoms with Crippen molar-refractivity contribution in [2.24, 2.45) is 0 Å². The number of aromatic nitrogens is 2. The molecule has 1 aliphatic rings. The number of hydrogen-bond donors (Lipinski definition) is 0. The van der Waals surface area contributed by atoms with Crippen LogP contribution in [-0.2, 0) is 19.4 Å². The largest absolute Gasteiger partial charge is 0.280 e. The van der Waals surface area contributed by atoms with E-state index in [2.05, 4.69) is 5.92 Å². The lowest BCUT2D eigenvalue weighted by Gasteiger charge is -2.12. The fourth-order valence-corrected chi connectivity index (χ4v) is 4.67. The van der Waals surface area contributed by atoms with E-state index in [4.69, 9.17) is 23.0 Å². The Morgan fingerprint density at radius 1 is 1.25 bits per heavy atom. The predicted octanol–water partition coefficient (Wildman–Crippen LogP) is 4.29. The molecule has 0 spiro atoms. The van der Waals surface area contributed by atoms with Gasteiger partial charge in [0.25, 0.3) is 5.56 Å². The van der Waals surface area contributed by atoms with Crippen LogP contribution in [0.2, 0.25) is 5.02 Å². The standard InChI is InChI=1S/C19H15ClN2OS/c1-2-11-22-17(12-7-9-13(20)10-8-12)21-18-16(19(22)23)14-5-3-4-6-15(14)24-18/h1,7-10H,3-6,11H2. The van der Waals surface area contributed by atoms with Crippen molar-refractivity contribution in [3.63, 3.8) is 0 Å². The molecule has 4 rings (SSSR count). The molecule has 0 atom stereocenters. The lowest BCUT2D eigenvalue weighted by molar-refractivity contribution is 0.698. The third-order valence-corrected chi connectivity index (χ3v) is 5.86.